The van der Waals surface area contributed by atoms with Crippen LogP contribution in [0.3, 0.4) is 0 Å². The summed E-state index contributed by atoms with van der Waals surface area (Å²) in [5, 5.41) is 0. The Labute approximate surface area is 170 Å². The molecule has 4 rings (SSSR count). The second-order valence-electron chi connectivity index (χ2n) is 8.96. The quantitative estimate of drug-likeness (QED) is 0.459. The molecule has 0 saturated heterocycles. The van der Waals surface area contributed by atoms with Gasteiger partial charge in [-0.25, -0.2) is 0 Å². The van der Waals surface area contributed by atoms with E-state index in [0.29, 0.717) is 0 Å². The first-order valence-electron chi connectivity index (χ1n) is 9.94. The highest BCUT2D eigenvalue weighted by atomic mass is 32.3. The molecule has 146 valence electrons. The summed E-state index contributed by atoms with van der Waals surface area (Å²) in [5.41, 5.74) is 6.72. The summed E-state index contributed by atoms with van der Waals surface area (Å²) in [6.45, 7) is 9.12. The number of rotatable bonds is 2. The number of anilines is 3. The van der Waals surface area contributed by atoms with Crippen LogP contribution >= 0.6 is 10.0 Å². The van der Waals surface area contributed by atoms with Crippen LogP contribution in [0.2, 0.25) is 0 Å². The molecule has 0 bridgehead atoms. The van der Waals surface area contributed by atoms with Gasteiger partial charge in [0.2, 0.25) is 0 Å². The van der Waals surface area contributed by atoms with Crippen LogP contribution in [-0.2, 0) is 11.8 Å². The number of fused-ring (bicyclic) bond motifs is 2. The van der Waals surface area contributed by atoms with Crippen LogP contribution in [0, 0.1) is 0 Å². The summed E-state index contributed by atoms with van der Waals surface area (Å²) in [6, 6.07) is 18.3. The van der Waals surface area contributed by atoms with E-state index >= 15 is 0 Å². The number of aromatic nitrogens is 1. The third-order valence-corrected chi connectivity index (χ3v) is 8.61. The van der Waals surface area contributed by atoms with Crippen molar-refractivity contribution in [3.8, 4) is 0 Å². The fourth-order valence-corrected chi connectivity index (χ4v) is 6.43. The predicted molar refractivity (Wildman–Crippen MR) is 123 cm³/mol. The molecule has 1 aliphatic heterocycles. The molecule has 1 aromatic heterocycles. The highest BCUT2D eigenvalue weighted by Gasteiger charge is 2.35. The summed E-state index contributed by atoms with van der Waals surface area (Å²) in [5.74, 6) is 0. The van der Waals surface area contributed by atoms with Gasteiger partial charge in [0.15, 0.2) is 0 Å². The number of nitrogens with zero attached hydrogens (tertiary/aromatic N) is 2. The van der Waals surface area contributed by atoms with E-state index in [1.54, 1.807) is 0 Å². The molecule has 3 heteroatoms. The van der Waals surface area contributed by atoms with Crippen molar-refractivity contribution in [3.63, 3.8) is 0 Å². The van der Waals surface area contributed by atoms with Crippen molar-refractivity contribution >= 4 is 27.1 Å². The molecular weight excluding hydrogens is 360 g/mol. The zero-order chi connectivity index (χ0) is 20.1. The Bertz CT molecular complexity index is 1020. The van der Waals surface area contributed by atoms with Crippen LogP contribution in [-0.4, -0.2) is 17.5 Å². The lowest BCUT2D eigenvalue weighted by Gasteiger charge is -2.45. The van der Waals surface area contributed by atoms with Crippen molar-refractivity contribution < 1.29 is 0 Å². The van der Waals surface area contributed by atoms with E-state index in [0.717, 1.165) is 6.42 Å². The molecule has 0 aliphatic carbocycles. The van der Waals surface area contributed by atoms with Gasteiger partial charge in [0.05, 0.1) is 11.4 Å². The smallest absolute Gasteiger partial charge is 0.0586 e. The minimum Gasteiger partial charge on any atom is -0.308 e. The van der Waals surface area contributed by atoms with Gasteiger partial charge in [-0.1, -0.05) is 39.8 Å². The van der Waals surface area contributed by atoms with Gasteiger partial charge in [0.25, 0.3) is 0 Å². The van der Waals surface area contributed by atoms with Crippen LogP contribution in [0.15, 0.2) is 70.7 Å². The summed E-state index contributed by atoms with van der Waals surface area (Å²) in [4.78, 5) is 9.59. The number of benzene rings is 2. The Balaban J connectivity index is 2.03. The molecule has 2 heterocycles. The largest absolute Gasteiger partial charge is 0.308 e. The zero-order valence-corrected chi connectivity index (χ0v) is 18.6. The standard InChI is InChI=1S/C25H30N2S/c1-7-18-8-10-21-23(16-18)28(5,6)24-17-19(25(2,3)4)9-11-22(24)27(21)20-12-14-26-15-13-20/h8-17H,7H2,1-6H3. The first-order chi connectivity index (χ1) is 13.2. The minimum absolute atomic E-state index is 0.136. The molecule has 3 aromatic rings. The fourth-order valence-electron chi connectivity index (χ4n) is 3.97. The summed E-state index contributed by atoms with van der Waals surface area (Å²) >= 11 is 0. The van der Waals surface area contributed by atoms with Crippen molar-refractivity contribution in [2.45, 2.75) is 49.3 Å². The highest BCUT2D eigenvalue weighted by molar-refractivity contribution is 8.33. The molecule has 0 spiro atoms. The van der Waals surface area contributed by atoms with E-state index in [2.05, 4.69) is 98.6 Å². The Morgan fingerprint density at radius 1 is 0.857 bits per heavy atom. The Morgan fingerprint density at radius 3 is 2.07 bits per heavy atom. The van der Waals surface area contributed by atoms with Gasteiger partial charge in [0.1, 0.15) is 0 Å². The summed E-state index contributed by atoms with van der Waals surface area (Å²) < 4.78 is 0. The van der Waals surface area contributed by atoms with Crippen LogP contribution in [0.5, 0.6) is 0 Å². The Kier molecular flexibility index (Phi) is 4.54. The normalized spacial score (nSPS) is 16.3. The first kappa shape index (κ1) is 19.1. The van der Waals surface area contributed by atoms with Crippen LogP contribution < -0.4 is 4.90 Å². The van der Waals surface area contributed by atoms with Gasteiger partial charge < -0.3 is 4.90 Å². The van der Waals surface area contributed by atoms with E-state index in [-0.39, 0.29) is 5.41 Å². The molecule has 1 aliphatic rings. The number of hydrogen-bond donors (Lipinski definition) is 0. The van der Waals surface area contributed by atoms with Crippen molar-refractivity contribution in [2.75, 3.05) is 17.4 Å². The fraction of sp³-hybridized carbons (Fsp3) is 0.320. The van der Waals surface area contributed by atoms with E-state index in [1.807, 2.05) is 12.4 Å². The molecule has 0 saturated carbocycles. The number of aryl methyl sites for hydroxylation is 1. The molecule has 0 unspecified atom stereocenters. The molecule has 0 amide bonds. The molecular formula is C25H30N2S. The van der Waals surface area contributed by atoms with Crippen molar-refractivity contribution in [3.05, 3.63) is 72.1 Å². The van der Waals surface area contributed by atoms with Gasteiger partial charge in [-0.2, -0.15) is 10.0 Å². The lowest BCUT2D eigenvalue weighted by Crippen LogP contribution is -2.21. The molecule has 0 atom stereocenters. The summed E-state index contributed by atoms with van der Waals surface area (Å²) in [7, 11) is -1.11. The molecule has 0 N–H and O–H groups in total. The van der Waals surface area contributed by atoms with Crippen LogP contribution in [0.4, 0.5) is 17.1 Å². The molecule has 2 aromatic carbocycles. The van der Waals surface area contributed by atoms with Crippen molar-refractivity contribution in [1.82, 2.24) is 4.98 Å². The Hall–Kier alpha value is -2.26. The van der Waals surface area contributed by atoms with Gasteiger partial charge in [-0.15, -0.1) is 0 Å². The van der Waals surface area contributed by atoms with Gasteiger partial charge in [-0.3, -0.25) is 4.98 Å². The average Bonchev–Trinajstić information content (AvgIpc) is 2.68. The zero-order valence-electron chi connectivity index (χ0n) is 17.8. The second kappa shape index (κ2) is 6.66. The van der Waals surface area contributed by atoms with Crippen molar-refractivity contribution in [1.29, 1.82) is 0 Å². The average molecular weight is 391 g/mol. The minimum atomic E-state index is -1.11. The van der Waals surface area contributed by atoms with Gasteiger partial charge in [-0.05, 0) is 71.9 Å². The van der Waals surface area contributed by atoms with E-state index in [4.69, 9.17) is 0 Å². The molecule has 0 radical (unpaired) electrons. The summed E-state index contributed by atoms with van der Waals surface area (Å²) in [6.07, 6.45) is 9.71. The van der Waals surface area contributed by atoms with E-state index < -0.39 is 10.0 Å². The lowest BCUT2D eigenvalue weighted by atomic mass is 9.87. The van der Waals surface area contributed by atoms with E-state index in [1.165, 1.54) is 38.0 Å². The van der Waals surface area contributed by atoms with Crippen LogP contribution in [0.1, 0.15) is 38.8 Å². The lowest BCUT2D eigenvalue weighted by molar-refractivity contribution is 0.588. The monoisotopic (exact) mass is 390 g/mol. The van der Waals surface area contributed by atoms with Gasteiger partial charge in [0, 0.05) is 27.9 Å². The maximum Gasteiger partial charge on any atom is 0.0586 e. The van der Waals surface area contributed by atoms with Crippen LogP contribution in [0.25, 0.3) is 0 Å². The van der Waals surface area contributed by atoms with E-state index in [9.17, 15) is 0 Å². The molecule has 0 fully saturated rings. The predicted octanol–water partition coefficient (Wildman–Crippen LogP) is 7.21. The van der Waals surface area contributed by atoms with Crippen molar-refractivity contribution in [2.24, 2.45) is 0 Å². The topological polar surface area (TPSA) is 16.1 Å². The second-order valence-corrected chi connectivity index (χ2v) is 12.5. The number of hydrogen-bond acceptors (Lipinski definition) is 2. The van der Waals surface area contributed by atoms with Gasteiger partial charge >= 0.3 is 0 Å². The third-order valence-electron chi connectivity index (χ3n) is 5.76. The SMILES string of the molecule is CCc1ccc2c(c1)S(C)(C)c1cc(C(C)(C)C)ccc1N2c1ccncc1. The molecule has 28 heavy (non-hydrogen) atoms. The number of pyridine rings is 1. The first-order valence-corrected chi connectivity index (χ1v) is 12.4. The molecule has 2 nitrogen and oxygen atoms in total. The third kappa shape index (κ3) is 3.02. The maximum absolute atomic E-state index is 4.23. The maximum atomic E-state index is 4.23. The Morgan fingerprint density at radius 2 is 1.46 bits per heavy atom. The highest BCUT2D eigenvalue weighted by Crippen LogP contribution is 2.67.